The van der Waals surface area contributed by atoms with E-state index in [2.05, 4.69) is 15.6 Å². The average Bonchev–Trinajstić information content (AvgIpc) is 2.82. The Labute approximate surface area is 99.7 Å². The van der Waals surface area contributed by atoms with E-state index in [1.54, 1.807) is 0 Å². The fourth-order valence-electron chi connectivity index (χ4n) is 1.96. The van der Waals surface area contributed by atoms with E-state index < -0.39 is 0 Å². The van der Waals surface area contributed by atoms with E-state index in [1.165, 1.54) is 12.5 Å². The van der Waals surface area contributed by atoms with Gasteiger partial charge in [0, 0.05) is 19.3 Å². The van der Waals surface area contributed by atoms with Crippen LogP contribution in [0.5, 0.6) is 0 Å². The zero-order valence-electron chi connectivity index (χ0n) is 9.81. The molecule has 1 atom stereocenters. The molecule has 2 N–H and O–H groups in total. The molecule has 1 saturated heterocycles. The molecule has 0 spiro atoms. The van der Waals surface area contributed by atoms with Crippen molar-refractivity contribution in [2.45, 2.75) is 25.8 Å². The molecule has 1 fully saturated rings. The van der Waals surface area contributed by atoms with Crippen molar-refractivity contribution >= 4 is 12.0 Å². The largest absolute Gasteiger partial charge is 0.432 e. The highest BCUT2D eigenvalue weighted by Gasteiger charge is 2.22. The lowest BCUT2D eigenvalue weighted by Gasteiger charge is -2.28. The molecular weight excluding hydrogens is 222 g/mol. The summed E-state index contributed by atoms with van der Waals surface area (Å²) in [6.07, 6.45) is 4.87. The summed E-state index contributed by atoms with van der Waals surface area (Å²) in [5.74, 6) is 0.471. The molecule has 1 aliphatic heterocycles. The zero-order chi connectivity index (χ0) is 12.1. The fraction of sp³-hybridized carbons (Fsp3) is 0.636. The summed E-state index contributed by atoms with van der Waals surface area (Å²) in [6, 6.07) is 0.0435. The molecule has 0 aromatic carbocycles. The third-order valence-electron chi connectivity index (χ3n) is 2.98. The molecule has 0 saturated carbocycles. The van der Waals surface area contributed by atoms with Crippen LogP contribution in [-0.2, 0) is 4.74 Å². The van der Waals surface area contributed by atoms with Gasteiger partial charge in [-0.05, 0) is 25.7 Å². The van der Waals surface area contributed by atoms with E-state index in [9.17, 15) is 4.79 Å². The second-order valence-corrected chi connectivity index (χ2v) is 4.17. The Morgan fingerprint density at radius 2 is 2.29 bits per heavy atom. The highest BCUT2D eigenvalue weighted by atomic mass is 16.5. The Kier molecular flexibility index (Phi) is 3.98. The highest BCUT2D eigenvalue weighted by Crippen LogP contribution is 2.18. The molecule has 94 valence electrons. The number of carbonyl (C=O) groups is 1. The highest BCUT2D eigenvalue weighted by molar-refractivity contribution is 5.87. The minimum atomic E-state index is -0.286. The van der Waals surface area contributed by atoms with E-state index in [4.69, 9.17) is 9.15 Å². The van der Waals surface area contributed by atoms with Crippen molar-refractivity contribution in [2.75, 3.05) is 18.5 Å². The number of oxazole rings is 1. The second kappa shape index (κ2) is 5.67. The van der Waals surface area contributed by atoms with Crippen LogP contribution in [0.1, 0.15) is 19.8 Å². The van der Waals surface area contributed by atoms with Crippen LogP contribution >= 0.6 is 0 Å². The molecule has 1 aromatic rings. The monoisotopic (exact) mass is 239 g/mol. The number of carbonyl (C=O) groups excluding carboxylic acids is 1. The molecule has 1 aliphatic rings. The van der Waals surface area contributed by atoms with Gasteiger partial charge in [-0.15, -0.1) is 0 Å². The number of anilines is 1. The summed E-state index contributed by atoms with van der Waals surface area (Å²) in [6.45, 7) is 3.56. The predicted molar refractivity (Wildman–Crippen MR) is 61.7 cm³/mol. The third kappa shape index (κ3) is 3.45. The maximum atomic E-state index is 11.6. The van der Waals surface area contributed by atoms with E-state index in [0.717, 1.165) is 26.1 Å². The molecule has 6 nitrogen and oxygen atoms in total. The van der Waals surface area contributed by atoms with E-state index >= 15 is 0 Å². The van der Waals surface area contributed by atoms with Crippen LogP contribution in [0.4, 0.5) is 10.8 Å². The normalized spacial score (nSPS) is 18.6. The first-order valence-corrected chi connectivity index (χ1v) is 5.80. The molecule has 6 heteroatoms. The van der Waals surface area contributed by atoms with Crippen LogP contribution in [0.15, 0.2) is 16.9 Å². The summed E-state index contributed by atoms with van der Waals surface area (Å²) < 4.78 is 10.2. The second-order valence-electron chi connectivity index (χ2n) is 4.17. The maximum absolute atomic E-state index is 11.6. The Morgan fingerprint density at radius 1 is 1.53 bits per heavy atom. The van der Waals surface area contributed by atoms with Crippen LogP contribution in [0, 0.1) is 5.92 Å². The van der Waals surface area contributed by atoms with Gasteiger partial charge in [-0.25, -0.2) is 9.78 Å². The lowest BCUT2D eigenvalue weighted by Crippen LogP contribution is -2.42. The van der Waals surface area contributed by atoms with Crippen molar-refractivity contribution in [2.24, 2.45) is 5.92 Å². The maximum Gasteiger partial charge on any atom is 0.323 e. The molecule has 2 heterocycles. The van der Waals surface area contributed by atoms with Crippen LogP contribution < -0.4 is 10.6 Å². The lowest BCUT2D eigenvalue weighted by molar-refractivity contribution is 0.0573. The van der Waals surface area contributed by atoms with Crippen molar-refractivity contribution < 1.29 is 13.9 Å². The molecule has 2 rings (SSSR count). The van der Waals surface area contributed by atoms with Crippen LogP contribution in [0.25, 0.3) is 0 Å². The van der Waals surface area contributed by atoms with Crippen molar-refractivity contribution in [3.05, 3.63) is 12.5 Å². The molecule has 2 amide bonds. The van der Waals surface area contributed by atoms with Crippen LogP contribution in [-0.4, -0.2) is 30.3 Å². The Bertz CT molecular complexity index is 347. The van der Waals surface area contributed by atoms with Gasteiger partial charge in [-0.2, -0.15) is 0 Å². The predicted octanol–water partition coefficient (Wildman–Crippen LogP) is 1.61. The van der Waals surface area contributed by atoms with Gasteiger partial charge >= 0.3 is 12.0 Å². The van der Waals surface area contributed by atoms with Gasteiger partial charge in [0.2, 0.25) is 0 Å². The minimum Gasteiger partial charge on any atom is -0.432 e. The Balaban J connectivity index is 1.77. The third-order valence-corrected chi connectivity index (χ3v) is 2.98. The number of nitrogens with zero attached hydrogens (tertiary/aromatic N) is 1. The van der Waals surface area contributed by atoms with E-state index in [1.807, 2.05) is 6.92 Å². The number of urea groups is 1. The zero-order valence-corrected chi connectivity index (χ0v) is 9.81. The molecule has 0 radical (unpaired) electrons. The number of aromatic nitrogens is 1. The van der Waals surface area contributed by atoms with Crippen molar-refractivity contribution in [1.29, 1.82) is 0 Å². The summed E-state index contributed by atoms with van der Waals surface area (Å²) in [5.41, 5.74) is 0. The van der Waals surface area contributed by atoms with Gasteiger partial charge in [-0.3, -0.25) is 5.32 Å². The number of amides is 2. The minimum absolute atomic E-state index is 0.119. The summed E-state index contributed by atoms with van der Waals surface area (Å²) >= 11 is 0. The first-order chi connectivity index (χ1) is 8.25. The van der Waals surface area contributed by atoms with Gasteiger partial charge in [0.25, 0.3) is 0 Å². The molecule has 0 bridgehead atoms. The first kappa shape index (κ1) is 11.9. The summed E-state index contributed by atoms with van der Waals surface area (Å²) in [7, 11) is 0. The van der Waals surface area contributed by atoms with Gasteiger partial charge in [-0.1, -0.05) is 0 Å². The molecular formula is C11H17N3O3. The summed E-state index contributed by atoms with van der Waals surface area (Å²) in [5, 5.41) is 5.42. The fourth-order valence-corrected chi connectivity index (χ4v) is 1.96. The standard InChI is InChI=1S/C11H17N3O3/c1-8(9-2-5-16-6-3-9)13-10(15)14-11-12-4-7-17-11/h4,7-9H,2-3,5-6H2,1H3,(H2,12,13,14,15)/t8-/m0/s1. The Morgan fingerprint density at radius 3 is 2.94 bits per heavy atom. The van der Waals surface area contributed by atoms with Crippen molar-refractivity contribution in [1.82, 2.24) is 10.3 Å². The van der Waals surface area contributed by atoms with Crippen molar-refractivity contribution in [3.63, 3.8) is 0 Å². The molecule has 0 aliphatic carbocycles. The lowest BCUT2D eigenvalue weighted by atomic mass is 9.93. The first-order valence-electron chi connectivity index (χ1n) is 5.80. The Hall–Kier alpha value is -1.56. The number of rotatable bonds is 3. The number of ether oxygens (including phenoxy) is 1. The van der Waals surface area contributed by atoms with Crippen LogP contribution in [0.3, 0.4) is 0 Å². The smallest absolute Gasteiger partial charge is 0.323 e. The average molecular weight is 239 g/mol. The number of hydrogen-bond donors (Lipinski definition) is 2. The number of hydrogen-bond acceptors (Lipinski definition) is 4. The summed E-state index contributed by atoms with van der Waals surface area (Å²) in [4.78, 5) is 15.4. The topological polar surface area (TPSA) is 76.4 Å². The molecule has 1 aromatic heterocycles. The van der Waals surface area contributed by atoms with E-state index in [-0.39, 0.29) is 18.1 Å². The number of nitrogens with one attached hydrogen (secondary N) is 2. The van der Waals surface area contributed by atoms with Gasteiger partial charge in [0.1, 0.15) is 6.26 Å². The molecule has 0 unspecified atom stereocenters. The van der Waals surface area contributed by atoms with Gasteiger partial charge < -0.3 is 14.5 Å². The van der Waals surface area contributed by atoms with Crippen molar-refractivity contribution in [3.8, 4) is 0 Å². The van der Waals surface area contributed by atoms with Gasteiger partial charge in [0.15, 0.2) is 0 Å². The molecule has 17 heavy (non-hydrogen) atoms. The van der Waals surface area contributed by atoms with Gasteiger partial charge in [0.05, 0.1) is 6.20 Å². The van der Waals surface area contributed by atoms with Crippen LogP contribution in [0.2, 0.25) is 0 Å². The van der Waals surface area contributed by atoms with E-state index in [0.29, 0.717) is 5.92 Å². The quantitative estimate of drug-likeness (QED) is 0.840. The SMILES string of the molecule is C[C@H](NC(=O)Nc1ncco1)C1CCOCC1.